The zero-order chi connectivity index (χ0) is 14.1. The molecule has 1 aliphatic rings. The smallest absolute Gasteiger partial charge is 0.0772 e. The molecular formula is C16H21N3O. The molecule has 3 rings (SSSR count). The molecule has 2 aromatic rings. The number of hydrogen-bond acceptors (Lipinski definition) is 4. The zero-order valence-electron chi connectivity index (χ0n) is 12.0. The third kappa shape index (κ3) is 2.20. The summed E-state index contributed by atoms with van der Waals surface area (Å²) in [6.07, 6.45) is 5.05. The van der Waals surface area contributed by atoms with Crippen molar-refractivity contribution in [2.75, 3.05) is 30.8 Å². The second-order valence-electron chi connectivity index (χ2n) is 5.58. The van der Waals surface area contributed by atoms with Gasteiger partial charge in [0.15, 0.2) is 0 Å². The third-order valence-electron chi connectivity index (χ3n) is 4.37. The average molecular weight is 271 g/mol. The van der Waals surface area contributed by atoms with E-state index in [-0.39, 0.29) is 6.10 Å². The number of nitrogens with two attached hydrogens (primary N) is 1. The van der Waals surface area contributed by atoms with Crippen molar-refractivity contribution in [1.82, 2.24) is 4.98 Å². The Balaban J connectivity index is 1.96. The van der Waals surface area contributed by atoms with Crippen molar-refractivity contribution < 1.29 is 4.74 Å². The molecule has 0 saturated carbocycles. The first-order chi connectivity index (χ1) is 9.70. The minimum Gasteiger partial charge on any atom is -0.397 e. The predicted molar refractivity (Wildman–Crippen MR) is 82.9 cm³/mol. The minimum atomic E-state index is 0.274. The molecule has 0 aliphatic carbocycles. The maximum Gasteiger partial charge on any atom is 0.0772 e. The van der Waals surface area contributed by atoms with Crippen molar-refractivity contribution in [2.24, 2.45) is 5.92 Å². The van der Waals surface area contributed by atoms with Crippen LogP contribution < -0.4 is 10.6 Å². The first-order valence-electron chi connectivity index (χ1n) is 7.10. The topological polar surface area (TPSA) is 51.4 Å². The van der Waals surface area contributed by atoms with Crippen LogP contribution in [0.1, 0.15) is 13.3 Å². The van der Waals surface area contributed by atoms with E-state index in [9.17, 15) is 0 Å². The van der Waals surface area contributed by atoms with E-state index in [1.54, 1.807) is 13.3 Å². The SMILES string of the molecule is COC1CN(c2ccc3cnccc3c2N)CCC1C. The molecule has 1 aromatic carbocycles. The first kappa shape index (κ1) is 13.2. The molecule has 20 heavy (non-hydrogen) atoms. The van der Waals surface area contributed by atoms with E-state index >= 15 is 0 Å². The van der Waals surface area contributed by atoms with Crippen LogP contribution in [-0.4, -0.2) is 31.3 Å². The molecule has 1 aromatic heterocycles. The van der Waals surface area contributed by atoms with Crippen molar-refractivity contribution in [3.05, 3.63) is 30.6 Å². The zero-order valence-corrected chi connectivity index (χ0v) is 12.0. The molecular weight excluding hydrogens is 250 g/mol. The van der Waals surface area contributed by atoms with Crippen molar-refractivity contribution in [3.8, 4) is 0 Å². The highest BCUT2D eigenvalue weighted by Crippen LogP contribution is 2.33. The average Bonchev–Trinajstić information content (AvgIpc) is 2.49. The predicted octanol–water partition coefficient (Wildman–Crippen LogP) is 2.68. The van der Waals surface area contributed by atoms with E-state index in [0.29, 0.717) is 5.92 Å². The summed E-state index contributed by atoms with van der Waals surface area (Å²) in [5, 5.41) is 2.16. The van der Waals surface area contributed by atoms with Gasteiger partial charge < -0.3 is 15.4 Å². The number of anilines is 2. The summed E-state index contributed by atoms with van der Waals surface area (Å²) < 4.78 is 5.59. The van der Waals surface area contributed by atoms with E-state index in [4.69, 9.17) is 10.5 Å². The van der Waals surface area contributed by atoms with Crippen LogP contribution in [0, 0.1) is 5.92 Å². The lowest BCUT2D eigenvalue weighted by Gasteiger charge is -2.38. The number of pyridine rings is 1. The number of fused-ring (bicyclic) bond motifs is 1. The maximum absolute atomic E-state index is 6.36. The highest BCUT2D eigenvalue weighted by molar-refractivity contribution is 5.98. The van der Waals surface area contributed by atoms with Gasteiger partial charge in [-0.25, -0.2) is 0 Å². The second-order valence-corrected chi connectivity index (χ2v) is 5.58. The molecule has 1 aliphatic heterocycles. The first-order valence-corrected chi connectivity index (χ1v) is 7.10. The van der Waals surface area contributed by atoms with E-state index in [1.807, 2.05) is 12.3 Å². The molecule has 1 saturated heterocycles. The standard InChI is InChI=1S/C16H21N3O/c1-11-6-8-19(10-15(11)20-2)14-4-3-12-9-18-7-5-13(12)16(14)17/h3-5,7,9,11,15H,6,8,10,17H2,1-2H3. The number of benzene rings is 1. The van der Waals surface area contributed by atoms with Crippen molar-refractivity contribution in [1.29, 1.82) is 0 Å². The van der Waals surface area contributed by atoms with Crippen LogP contribution in [0.2, 0.25) is 0 Å². The van der Waals surface area contributed by atoms with E-state index in [2.05, 4.69) is 28.9 Å². The molecule has 0 spiro atoms. The van der Waals surface area contributed by atoms with E-state index in [1.165, 1.54) is 0 Å². The van der Waals surface area contributed by atoms with Gasteiger partial charge in [0, 0.05) is 43.4 Å². The van der Waals surface area contributed by atoms with Crippen LogP contribution in [0.3, 0.4) is 0 Å². The Kier molecular flexibility index (Phi) is 3.49. The summed E-state index contributed by atoms with van der Waals surface area (Å²) in [5.41, 5.74) is 8.31. The van der Waals surface area contributed by atoms with Crippen molar-refractivity contribution in [3.63, 3.8) is 0 Å². The van der Waals surface area contributed by atoms with Gasteiger partial charge in [0.05, 0.1) is 17.5 Å². The van der Waals surface area contributed by atoms with Crippen LogP contribution >= 0.6 is 0 Å². The number of hydrogen-bond donors (Lipinski definition) is 1. The number of piperidine rings is 1. The Morgan fingerprint density at radius 2 is 2.20 bits per heavy atom. The van der Waals surface area contributed by atoms with Gasteiger partial charge in [-0.3, -0.25) is 4.98 Å². The minimum absolute atomic E-state index is 0.274. The molecule has 1 fully saturated rings. The van der Waals surface area contributed by atoms with Crippen molar-refractivity contribution >= 4 is 22.1 Å². The quantitative estimate of drug-likeness (QED) is 0.853. The fraction of sp³-hybridized carbons (Fsp3) is 0.438. The molecule has 0 bridgehead atoms. The molecule has 0 amide bonds. The molecule has 2 heterocycles. The van der Waals surface area contributed by atoms with Gasteiger partial charge in [0.1, 0.15) is 0 Å². The fourth-order valence-corrected chi connectivity index (χ4v) is 3.02. The molecule has 0 radical (unpaired) electrons. The lowest BCUT2D eigenvalue weighted by atomic mass is 9.95. The fourth-order valence-electron chi connectivity index (χ4n) is 3.02. The van der Waals surface area contributed by atoms with Gasteiger partial charge in [0.2, 0.25) is 0 Å². The Labute approximate surface area is 119 Å². The third-order valence-corrected chi connectivity index (χ3v) is 4.37. The van der Waals surface area contributed by atoms with Crippen molar-refractivity contribution in [2.45, 2.75) is 19.4 Å². The van der Waals surface area contributed by atoms with Crippen LogP contribution in [0.15, 0.2) is 30.6 Å². The molecule has 2 atom stereocenters. The Morgan fingerprint density at radius 1 is 1.35 bits per heavy atom. The molecule has 2 N–H and O–H groups in total. The van der Waals surface area contributed by atoms with Gasteiger partial charge in [-0.05, 0) is 24.5 Å². The Morgan fingerprint density at radius 3 is 3.00 bits per heavy atom. The molecule has 106 valence electrons. The number of nitrogens with zero attached hydrogens (tertiary/aromatic N) is 2. The second kappa shape index (κ2) is 5.29. The van der Waals surface area contributed by atoms with Gasteiger partial charge in [-0.2, -0.15) is 0 Å². The van der Waals surface area contributed by atoms with Crippen LogP contribution in [0.4, 0.5) is 11.4 Å². The lowest BCUT2D eigenvalue weighted by molar-refractivity contribution is 0.0499. The highest BCUT2D eigenvalue weighted by atomic mass is 16.5. The normalized spacial score (nSPS) is 23.2. The molecule has 4 heteroatoms. The van der Waals surface area contributed by atoms with Gasteiger partial charge in [-0.15, -0.1) is 0 Å². The van der Waals surface area contributed by atoms with Crippen LogP contribution in [0.25, 0.3) is 10.8 Å². The summed E-state index contributed by atoms with van der Waals surface area (Å²) in [6, 6.07) is 6.17. The van der Waals surface area contributed by atoms with Gasteiger partial charge in [-0.1, -0.05) is 13.0 Å². The number of ether oxygens (including phenoxy) is 1. The van der Waals surface area contributed by atoms with Gasteiger partial charge >= 0.3 is 0 Å². The van der Waals surface area contributed by atoms with E-state index in [0.717, 1.165) is 41.7 Å². The summed E-state index contributed by atoms with van der Waals surface area (Å²) in [7, 11) is 1.79. The largest absolute Gasteiger partial charge is 0.397 e. The van der Waals surface area contributed by atoms with Gasteiger partial charge in [0.25, 0.3) is 0 Å². The number of aromatic nitrogens is 1. The number of nitrogen functional groups attached to an aromatic ring is 1. The summed E-state index contributed by atoms with van der Waals surface area (Å²) in [6.45, 7) is 4.18. The lowest BCUT2D eigenvalue weighted by Crippen LogP contribution is -2.44. The van der Waals surface area contributed by atoms with Crippen LogP contribution in [-0.2, 0) is 4.74 Å². The molecule has 2 unspecified atom stereocenters. The Hall–Kier alpha value is -1.81. The van der Waals surface area contributed by atoms with E-state index < -0.39 is 0 Å². The summed E-state index contributed by atoms with van der Waals surface area (Å²) >= 11 is 0. The van der Waals surface area contributed by atoms with Crippen LogP contribution in [0.5, 0.6) is 0 Å². The Bertz CT molecular complexity index is 614. The molecule has 4 nitrogen and oxygen atoms in total. The number of methoxy groups -OCH3 is 1. The maximum atomic E-state index is 6.36. The summed E-state index contributed by atoms with van der Waals surface area (Å²) in [4.78, 5) is 6.48. The highest BCUT2D eigenvalue weighted by Gasteiger charge is 2.27. The number of rotatable bonds is 2. The monoisotopic (exact) mass is 271 g/mol. The summed E-state index contributed by atoms with van der Waals surface area (Å²) in [5.74, 6) is 0.599.